The van der Waals surface area contributed by atoms with Crippen LogP contribution in [0.2, 0.25) is 0 Å². The fourth-order valence-electron chi connectivity index (χ4n) is 2.44. The molecule has 0 saturated carbocycles. The molecule has 7 heteroatoms. The number of carbonyl (C=O) groups excluding carboxylic acids is 2. The van der Waals surface area contributed by atoms with Gasteiger partial charge in [-0.05, 0) is 20.4 Å². The number of nitrogens with one attached hydrogen (secondary N) is 2. The average Bonchev–Trinajstić information content (AvgIpc) is 2.77. The summed E-state index contributed by atoms with van der Waals surface area (Å²) < 4.78 is 0. The zero-order valence-corrected chi connectivity index (χ0v) is 12.3. The van der Waals surface area contributed by atoms with E-state index in [1.165, 1.54) is 0 Å². The number of likely N-dealkylation sites (N-methyl/N-ethyl adjacent to an activating group) is 1. The SMILES string of the molecule is CNCCNC(=O)C1CSC2(C)CCC(=O)N12.Cl. The smallest absolute Gasteiger partial charge is 0.243 e. The van der Waals surface area contributed by atoms with Crippen molar-refractivity contribution < 1.29 is 9.59 Å². The van der Waals surface area contributed by atoms with E-state index in [1.807, 2.05) is 7.05 Å². The van der Waals surface area contributed by atoms with Gasteiger partial charge < -0.3 is 15.5 Å². The molecule has 2 N–H and O–H groups in total. The van der Waals surface area contributed by atoms with Crippen molar-refractivity contribution in [2.45, 2.75) is 30.7 Å². The minimum Gasteiger partial charge on any atom is -0.353 e. The minimum absolute atomic E-state index is 0. The second kappa shape index (κ2) is 6.12. The van der Waals surface area contributed by atoms with E-state index in [2.05, 4.69) is 17.6 Å². The molecule has 2 aliphatic rings. The summed E-state index contributed by atoms with van der Waals surface area (Å²) in [6.45, 7) is 3.41. The van der Waals surface area contributed by atoms with Gasteiger partial charge in [-0.2, -0.15) is 0 Å². The number of hydrogen-bond acceptors (Lipinski definition) is 4. The van der Waals surface area contributed by atoms with Crippen LogP contribution < -0.4 is 10.6 Å². The molecule has 0 aromatic heterocycles. The second-order valence-corrected chi connectivity index (χ2v) is 6.16. The molecule has 2 fully saturated rings. The number of rotatable bonds is 4. The van der Waals surface area contributed by atoms with Crippen LogP contribution >= 0.6 is 24.2 Å². The van der Waals surface area contributed by atoms with Crippen molar-refractivity contribution in [3.05, 3.63) is 0 Å². The maximum Gasteiger partial charge on any atom is 0.243 e. The summed E-state index contributed by atoms with van der Waals surface area (Å²) in [5.41, 5.74) is 0. The lowest BCUT2D eigenvalue weighted by molar-refractivity contribution is -0.137. The van der Waals surface area contributed by atoms with Gasteiger partial charge in [0.1, 0.15) is 6.04 Å². The zero-order valence-electron chi connectivity index (χ0n) is 10.7. The Balaban J connectivity index is 0.00000162. The quantitative estimate of drug-likeness (QED) is 0.727. The lowest BCUT2D eigenvalue weighted by Crippen LogP contribution is -2.50. The molecule has 0 aliphatic carbocycles. The molecule has 2 rings (SSSR count). The average molecular weight is 294 g/mol. The first-order valence-corrected chi connectivity index (χ1v) is 6.95. The molecule has 2 heterocycles. The fourth-order valence-corrected chi connectivity index (χ4v) is 3.88. The monoisotopic (exact) mass is 293 g/mol. The maximum atomic E-state index is 12.0. The number of fused-ring (bicyclic) bond motifs is 1. The van der Waals surface area contributed by atoms with E-state index < -0.39 is 0 Å². The number of thioether (sulfide) groups is 1. The summed E-state index contributed by atoms with van der Waals surface area (Å²) in [6.07, 6.45) is 1.43. The molecular weight excluding hydrogens is 274 g/mol. The van der Waals surface area contributed by atoms with Crippen LogP contribution in [0.1, 0.15) is 19.8 Å². The molecule has 2 atom stereocenters. The third kappa shape index (κ3) is 2.75. The van der Waals surface area contributed by atoms with Crippen molar-refractivity contribution in [2.75, 3.05) is 25.9 Å². The largest absolute Gasteiger partial charge is 0.353 e. The molecule has 2 amide bonds. The van der Waals surface area contributed by atoms with Gasteiger partial charge >= 0.3 is 0 Å². The standard InChI is InChI=1S/C11H19N3O2S.ClH/c1-11-4-3-9(15)14(11)8(7-17-11)10(16)13-6-5-12-2;/h8,12H,3-7H2,1-2H3,(H,13,16);1H. The van der Waals surface area contributed by atoms with Crippen LogP contribution in [0.4, 0.5) is 0 Å². The lowest BCUT2D eigenvalue weighted by Gasteiger charge is -2.29. The van der Waals surface area contributed by atoms with Gasteiger partial charge in [-0.15, -0.1) is 24.2 Å². The lowest BCUT2D eigenvalue weighted by atomic mass is 10.2. The van der Waals surface area contributed by atoms with Crippen molar-refractivity contribution in [1.29, 1.82) is 0 Å². The summed E-state index contributed by atoms with van der Waals surface area (Å²) in [6, 6.07) is -0.281. The summed E-state index contributed by atoms with van der Waals surface area (Å²) in [5, 5.41) is 5.84. The highest BCUT2D eigenvalue weighted by molar-refractivity contribution is 8.01. The molecule has 2 saturated heterocycles. The Morgan fingerprint density at radius 2 is 2.28 bits per heavy atom. The summed E-state index contributed by atoms with van der Waals surface area (Å²) in [4.78, 5) is 25.5. The summed E-state index contributed by atoms with van der Waals surface area (Å²) in [7, 11) is 1.85. The van der Waals surface area contributed by atoms with E-state index in [0.29, 0.717) is 18.7 Å². The predicted molar refractivity (Wildman–Crippen MR) is 74.9 cm³/mol. The maximum absolute atomic E-state index is 12.0. The van der Waals surface area contributed by atoms with Gasteiger partial charge in [0, 0.05) is 25.3 Å². The highest BCUT2D eigenvalue weighted by Crippen LogP contribution is 2.47. The first-order valence-electron chi connectivity index (χ1n) is 5.97. The van der Waals surface area contributed by atoms with Gasteiger partial charge in [-0.3, -0.25) is 9.59 Å². The summed E-state index contributed by atoms with van der Waals surface area (Å²) in [5.74, 6) is 0.811. The number of nitrogens with zero attached hydrogens (tertiary/aromatic N) is 1. The molecule has 0 aromatic rings. The van der Waals surface area contributed by atoms with Crippen molar-refractivity contribution in [3.63, 3.8) is 0 Å². The van der Waals surface area contributed by atoms with Crippen molar-refractivity contribution in [3.8, 4) is 0 Å². The van der Waals surface area contributed by atoms with E-state index in [0.717, 1.165) is 13.0 Å². The van der Waals surface area contributed by atoms with E-state index >= 15 is 0 Å². The van der Waals surface area contributed by atoms with Gasteiger partial charge in [-0.25, -0.2) is 0 Å². The normalized spacial score (nSPS) is 30.0. The van der Waals surface area contributed by atoms with Crippen molar-refractivity contribution in [1.82, 2.24) is 15.5 Å². The van der Waals surface area contributed by atoms with Gasteiger partial charge in [0.05, 0.1) is 4.87 Å². The summed E-state index contributed by atoms with van der Waals surface area (Å²) >= 11 is 1.72. The molecule has 104 valence electrons. The molecule has 2 unspecified atom stereocenters. The van der Waals surface area contributed by atoms with E-state index in [9.17, 15) is 9.59 Å². The van der Waals surface area contributed by atoms with E-state index in [-0.39, 0.29) is 35.1 Å². The second-order valence-electron chi connectivity index (χ2n) is 4.66. The zero-order chi connectivity index (χ0) is 12.5. The Bertz CT molecular complexity index is 342. The van der Waals surface area contributed by atoms with Crippen LogP contribution in [-0.4, -0.2) is 53.5 Å². The molecule has 5 nitrogen and oxygen atoms in total. The van der Waals surface area contributed by atoms with Crippen LogP contribution in [0.3, 0.4) is 0 Å². The molecule has 2 aliphatic heterocycles. The topological polar surface area (TPSA) is 61.4 Å². The van der Waals surface area contributed by atoms with Gasteiger partial charge in [0.2, 0.25) is 11.8 Å². The van der Waals surface area contributed by atoms with E-state index in [1.54, 1.807) is 16.7 Å². The molecule has 18 heavy (non-hydrogen) atoms. The van der Waals surface area contributed by atoms with Crippen LogP contribution in [0.5, 0.6) is 0 Å². The fraction of sp³-hybridized carbons (Fsp3) is 0.818. The predicted octanol–water partition coefficient (Wildman–Crippen LogP) is 0.198. The van der Waals surface area contributed by atoms with Crippen molar-refractivity contribution in [2.24, 2.45) is 0 Å². The third-order valence-electron chi connectivity index (χ3n) is 3.42. The highest BCUT2D eigenvalue weighted by atomic mass is 35.5. The first kappa shape index (κ1) is 15.6. The minimum atomic E-state index is -0.281. The highest BCUT2D eigenvalue weighted by Gasteiger charge is 2.52. The number of carbonyl (C=O) groups is 2. The third-order valence-corrected chi connectivity index (χ3v) is 4.93. The molecule has 0 spiro atoms. The van der Waals surface area contributed by atoms with E-state index in [4.69, 9.17) is 0 Å². The van der Waals surface area contributed by atoms with Gasteiger partial charge in [-0.1, -0.05) is 0 Å². The Hall–Kier alpha value is -0.460. The Labute approximate surface area is 118 Å². The molecule has 0 bridgehead atoms. The number of hydrogen-bond donors (Lipinski definition) is 2. The Kier molecular flexibility index (Phi) is 5.31. The van der Waals surface area contributed by atoms with Crippen LogP contribution in [-0.2, 0) is 9.59 Å². The van der Waals surface area contributed by atoms with Crippen LogP contribution in [0.15, 0.2) is 0 Å². The number of amides is 2. The van der Waals surface area contributed by atoms with Crippen molar-refractivity contribution >= 4 is 36.0 Å². The number of halogens is 1. The van der Waals surface area contributed by atoms with Crippen LogP contribution in [0, 0.1) is 0 Å². The Morgan fingerprint density at radius 3 is 2.94 bits per heavy atom. The molecule has 0 radical (unpaired) electrons. The Morgan fingerprint density at radius 1 is 1.56 bits per heavy atom. The van der Waals surface area contributed by atoms with Crippen LogP contribution in [0.25, 0.3) is 0 Å². The van der Waals surface area contributed by atoms with Gasteiger partial charge in [0.15, 0.2) is 0 Å². The first-order chi connectivity index (χ1) is 8.08. The van der Waals surface area contributed by atoms with Gasteiger partial charge in [0.25, 0.3) is 0 Å². The molecule has 0 aromatic carbocycles. The molecular formula is C11H20ClN3O2S.